The Morgan fingerprint density at radius 2 is 1.12 bits per heavy atom. The van der Waals surface area contributed by atoms with Gasteiger partial charge in [-0.25, -0.2) is 0 Å². The van der Waals surface area contributed by atoms with E-state index in [4.69, 9.17) is 41.7 Å². The highest BCUT2D eigenvalue weighted by molar-refractivity contribution is 9.10. The SMILES string of the molecule is CCOP(=S)(OCC)c1cc(Br)cc(P(=S)(OCC)OCC)c1O. The van der Waals surface area contributed by atoms with Gasteiger partial charge in [0, 0.05) is 4.47 Å². The molecule has 0 unspecified atom stereocenters. The van der Waals surface area contributed by atoms with Gasteiger partial charge in [-0.15, -0.1) is 0 Å². The predicted molar refractivity (Wildman–Crippen MR) is 110 cm³/mol. The molecule has 138 valence electrons. The van der Waals surface area contributed by atoms with Crippen LogP contribution in [0.3, 0.4) is 0 Å². The number of hydrogen-bond donors (Lipinski definition) is 1. The first-order chi connectivity index (χ1) is 11.3. The lowest BCUT2D eigenvalue weighted by Crippen LogP contribution is -2.20. The van der Waals surface area contributed by atoms with Gasteiger partial charge in [-0.05, 0) is 63.4 Å². The van der Waals surface area contributed by atoms with Crippen molar-refractivity contribution in [3.63, 3.8) is 0 Å². The highest BCUT2D eigenvalue weighted by Gasteiger charge is 2.32. The van der Waals surface area contributed by atoms with E-state index < -0.39 is 13.0 Å². The van der Waals surface area contributed by atoms with Crippen LogP contribution in [0.25, 0.3) is 0 Å². The van der Waals surface area contributed by atoms with E-state index in [1.165, 1.54) is 0 Å². The highest BCUT2D eigenvalue weighted by atomic mass is 79.9. The second-order valence-electron chi connectivity index (χ2n) is 4.46. The topological polar surface area (TPSA) is 57.2 Å². The summed E-state index contributed by atoms with van der Waals surface area (Å²) in [6, 6.07) is 3.42. The molecule has 0 aliphatic rings. The molecule has 0 heterocycles. The van der Waals surface area contributed by atoms with Crippen molar-refractivity contribution in [1.82, 2.24) is 0 Å². The molecule has 0 spiro atoms. The first-order valence-corrected chi connectivity index (χ1v) is 13.7. The number of hydrogen-bond acceptors (Lipinski definition) is 7. The second-order valence-corrected chi connectivity index (χ2v) is 12.2. The van der Waals surface area contributed by atoms with Crippen LogP contribution in [0, 0.1) is 0 Å². The summed E-state index contributed by atoms with van der Waals surface area (Å²) in [5.41, 5.74) is 0. The molecule has 0 aliphatic heterocycles. The largest absolute Gasteiger partial charge is 0.506 e. The third-order valence-corrected chi connectivity index (χ3v) is 9.98. The Hall–Kier alpha value is 0.640. The molecule has 0 bridgehead atoms. The number of phenolic OH excluding ortho intramolecular Hbond substituents is 1. The Morgan fingerprint density at radius 1 is 0.833 bits per heavy atom. The Kier molecular flexibility index (Phi) is 9.54. The highest BCUT2D eigenvalue weighted by Crippen LogP contribution is 2.54. The Morgan fingerprint density at radius 3 is 1.38 bits per heavy atom. The van der Waals surface area contributed by atoms with Crippen LogP contribution in [0.2, 0.25) is 0 Å². The van der Waals surface area contributed by atoms with E-state index >= 15 is 0 Å². The molecule has 5 nitrogen and oxygen atoms in total. The fourth-order valence-corrected chi connectivity index (χ4v) is 8.44. The van der Waals surface area contributed by atoms with Crippen molar-refractivity contribution < 1.29 is 23.2 Å². The summed E-state index contributed by atoms with van der Waals surface area (Å²) < 4.78 is 23.5. The van der Waals surface area contributed by atoms with E-state index in [1.807, 2.05) is 27.7 Å². The van der Waals surface area contributed by atoms with Crippen LogP contribution >= 0.6 is 28.9 Å². The molecule has 0 radical (unpaired) electrons. The van der Waals surface area contributed by atoms with Crippen molar-refractivity contribution in [2.24, 2.45) is 0 Å². The van der Waals surface area contributed by atoms with Crippen LogP contribution in [0.1, 0.15) is 27.7 Å². The Bertz CT molecular complexity index is 585. The zero-order valence-corrected chi connectivity index (χ0v) is 19.2. The summed E-state index contributed by atoms with van der Waals surface area (Å²) in [6.07, 6.45) is 0. The molecule has 1 rings (SSSR count). The van der Waals surface area contributed by atoms with Crippen LogP contribution in [0.5, 0.6) is 5.75 Å². The fourth-order valence-electron chi connectivity index (χ4n) is 2.02. The van der Waals surface area contributed by atoms with Gasteiger partial charge < -0.3 is 23.2 Å². The molecule has 0 aromatic heterocycles. The minimum absolute atomic E-state index is 0.0614. The second kappa shape index (κ2) is 10.1. The monoisotopic (exact) mass is 476 g/mol. The average molecular weight is 477 g/mol. The van der Waals surface area contributed by atoms with Crippen LogP contribution in [-0.4, -0.2) is 31.5 Å². The molecule has 0 saturated heterocycles. The standard InChI is InChI=1S/C14H23BrO5P2S2/c1-5-17-21(23,18-6-2)12-9-11(15)10-13(14(12)16)22(24,19-7-3)20-8-4/h9-10,16H,5-8H2,1-4H3. The van der Waals surface area contributed by atoms with Gasteiger partial charge in [-0.3, -0.25) is 0 Å². The number of benzene rings is 1. The van der Waals surface area contributed by atoms with Crippen LogP contribution < -0.4 is 10.6 Å². The van der Waals surface area contributed by atoms with E-state index in [-0.39, 0.29) is 5.75 Å². The van der Waals surface area contributed by atoms with Crippen molar-refractivity contribution in [3.8, 4) is 5.75 Å². The lowest BCUT2D eigenvalue weighted by molar-refractivity contribution is 0.273. The van der Waals surface area contributed by atoms with Gasteiger partial charge in [0.1, 0.15) is 5.75 Å². The van der Waals surface area contributed by atoms with Crippen molar-refractivity contribution in [1.29, 1.82) is 0 Å². The summed E-state index contributed by atoms with van der Waals surface area (Å²) >= 11 is 14.7. The van der Waals surface area contributed by atoms with Gasteiger partial charge >= 0.3 is 0 Å². The lowest BCUT2D eigenvalue weighted by atomic mass is 10.3. The first kappa shape index (κ1) is 22.7. The van der Waals surface area contributed by atoms with E-state index in [0.717, 1.165) is 0 Å². The van der Waals surface area contributed by atoms with Gasteiger partial charge in [0.15, 0.2) is 0 Å². The maximum atomic E-state index is 10.9. The first-order valence-electron chi connectivity index (χ1n) is 7.59. The predicted octanol–water partition coefficient (Wildman–Crippen LogP) is 4.17. The maximum Gasteiger partial charge on any atom is 0.223 e. The van der Waals surface area contributed by atoms with E-state index in [9.17, 15) is 5.11 Å². The van der Waals surface area contributed by atoms with Crippen molar-refractivity contribution in [2.45, 2.75) is 27.7 Å². The number of rotatable bonds is 10. The van der Waals surface area contributed by atoms with Gasteiger partial charge in [-0.1, -0.05) is 15.9 Å². The molecule has 24 heavy (non-hydrogen) atoms. The van der Waals surface area contributed by atoms with E-state index in [0.29, 0.717) is 41.5 Å². The molecule has 1 aromatic rings. The lowest BCUT2D eigenvalue weighted by Gasteiger charge is -2.27. The van der Waals surface area contributed by atoms with Crippen LogP contribution in [0.15, 0.2) is 16.6 Å². The Labute approximate surface area is 162 Å². The summed E-state index contributed by atoms with van der Waals surface area (Å²) in [5.74, 6) is -0.0614. The number of aromatic hydroxyl groups is 1. The van der Waals surface area contributed by atoms with Gasteiger partial charge in [0.2, 0.25) is 13.0 Å². The van der Waals surface area contributed by atoms with Crippen LogP contribution in [0.4, 0.5) is 0 Å². The molecule has 0 saturated carbocycles. The number of halogens is 1. The van der Waals surface area contributed by atoms with E-state index in [1.54, 1.807) is 12.1 Å². The molecule has 1 N–H and O–H groups in total. The molecule has 0 fully saturated rings. The molecule has 1 aromatic carbocycles. The smallest absolute Gasteiger partial charge is 0.223 e. The van der Waals surface area contributed by atoms with Gasteiger partial charge in [-0.2, -0.15) is 0 Å². The third-order valence-electron chi connectivity index (χ3n) is 2.82. The minimum Gasteiger partial charge on any atom is -0.506 e. The summed E-state index contributed by atoms with van der Waals surface area (Å²) in [5, 5.41) is 11.7. The summed E-state index contributed by atoms with van der Waals surface area (Å²) in [6.45, 7) is 3.14. The summed E-state index contributed by atoms with van der Waals surface area (Å²) in [7, 11) is 0. The minimum atomic E-state index is -2.86. The zero-order chi connectivity index (χ0) is 18.4. The molecule has 0 aliphatic carbocycles. The molecule has 10 heteroatoms. The molecular weight excluding hydrogens is 454 g/mol. The Balaban J connectivity index is 3.59. The van der Waals surface area contributed by atoms with Crippen molar-refractivity contribution in [2.75, 3.05) is 26.4 Å². The molecular formula is C14H23BrO5P2S2. The zero-order valence-electron chi connectivity index (χ0n) is 14.2. The van der Waals surface area contributed by atoms with Gasteiger partial charge in [0.05, 0.1) is 37.0 Å². The number of phenols is 1. The third kappa shape index (κ3) is 5.32. The fraction of sp³-hybridized carbons (Fsp3) is 0.571. The van der Waals surface area contributed by atoms with Gasteiger partial charge in [0.25, 0.3) is 0 Å². The molecule has 0 atom stereocenters. The van der Waals surface area contributed by atoms with E-state index in [2.05, 4.69) is 15.9 Å². The van der Waals surface area contributed by atoms with Crippen molar-refractivity contribution in [3.05, 3.63) is 16.6 Å². The maximum absolute atomic E-state index is 10.9. The van der Waals surface area contributed by atoms with Crippen molar-refractivity contribution >= 4 is 63.1 Å². The summed E-state index contributed by atoms with van der Waals surface area (Å²) in [4.78, 5) is 0. The molecule has 0 amide bonds. The van der Waals surface area contributed by atoms with Crippen LogP contribution in [-0.2, 0) is 41.7 Å². The quantitative estimate of drug-likeness (QED) is 0.508. The normalized spacial score (nSPS) is 12.5. The average Bonchev–Trinajstić information content (AvgIpc) is 2.50.